The zero-order valence-electron chi connectivity index (χ0n) is 32.1. The second kappa shape index (κ2) is 12.1. The lowest BCUT2D eigenvalue weighted by Gasteiger charge is -2.31. The maximum absolute atomic E-state index is 2.51. The van der Waals surface area contributed by atoms with E-state index in [2.05, 4.69) is 209 Å². The number of hydrogen-bond acceptors (Lipinski definition) is 2. The van der Waals surface area contributed by atoms with Gasteiger partial charge in [0.15, 0.2) is 0 Å². The molecule has 1 nitrogen and oxygen atoms in total. The Balaban J connectivity index is 1.10. The maximum Gasteiger partial charge on any atom is 0.0543 e. The van der Waals surface area contributed by atoms with Crippen LogP contribution in [-0.2, 0) is 10.8 Å². The molecule has 9 aromatic rings. The summed E-state index contributed by atoms with van der Waals surface area (Å²) in [5, 5.41) is 2.65. The normalized spacial score (nSPS) is 14.4. The minimum atomic E-state index is -0.109. The molecule has 0 spiro atoms. The van der Waals surface area contributed by atoms with E-state index in [1.165, 1.54) is 92.6 Å². The topological polar surface area (TPSA) is 3.24 Å². The van der Waals surface area contributed by atoms with Gasteiger partial charge in [0.2, 0.25) is 0 Å². The minimum Gasteiger partial charge on any atom is -0.309 e. The van der Waals surface area contributed by atoms with Crippen LogP contribution in [0.1, 0.15) is 49.9 Å². The number of hydrogen-bond donors (Lipinski definition) is 0. The van der Waals surface area contributed by atoms with Crippen molar-refractivity contribution >= 4 is 48.6 Å². The van der Waals surface area contributed by atoms with Gasteiger partial charge >= 0.3 is 0 Å². The van der Waals surface area contributed by atoms with Crippen LogP contribution < -0.4 is 4.90 Å². The minimum absolute atomic E-state index is 0.0381. The largest absolute Gasteiger partial charge is 0.309 e. The first-order valence-electron chi connectivity index (χ1n) is 19.7. The van der Waals surface area contributed by atoms with E-state index in [0.29, 0.717) is 0 Å². The van der Waals surface area contributed by atoms with E-state index in [0.717, 1.165) is 11.4 Å². The van der Waals surface area contributed by atoms with Gasteiger partial charge in [0.1, 0.15) is 0 Å². The summed E-state index contributed by atoms with van der Waals surface area (Å²) in [6, 6.07) is 65.8. The van der Waals surface area contributed by atoms with Gasteiger partial charge in [-0.2, -0.15) is 0 Å². The first-order chi connectivity index (χ1) is 27.3. The lowest BCUT2D eigenvalue weighted by Crippen LogP contribution is -2.16. The van der Waals surface area contributed by atoms with Crippen LogP contribution >= 0.6 is 11.3 Å². The van der Waals surface area contributed by atoms with E-state index in [1.807, 2.05) is 11.3 Å². The number of nitrogens with zero attached hydrogens (tertiary/aromatic N) is 1. The Hall–Kier alpha value is -6.22. The zero-order chi connectivity index (χ0) is 37.8. The Labute approximate surface area is 333 Å². The van der Waals surface area contributed by atoms with E-state index in [9.17, 15) is 0 Å². The molecule has 0 fully saturated rings. The van der Waals surface area contributed by atoms with E-state index in [1.54, 1.807) is 0 Å². The second-order valence-electron chi connectivity index (χ2n) is 16.5. The summed E-state index contributed by atoms with van der Waals surface area (Å²) in [5.74, 6) is 0. The molecule has 0 bridgehead atoms. The van der Waals surface area contributed by atoms with Gasteiger partial charge in [-0.05, 0) is 104 Å². The fourth-order valence-electron chi connectivity index (χ4n) is 9.84. The molecular formula is C54H41NS. The highest BCUT2D eigenvalue weighted by Crippen LogP contribution is 2.56. The van der Waals surface area contributed by atoms with Crippen molar-refractivity contribution in [3.63, 3.8) is 0 Å². The highest BCUT2D eigenvalue weighted by molar-refractivity contribution is 7.25. The molecular weight excluding hydrogens is 695 g/mol. The third-order valence-electron chi connectivity index (χ3n) is 12.7. The maximum atomic E-state index is 2.51. The monoisotopic (exact) mass is 735 g/mol. The van der Waals surface area contributed by atoms with Crippen molar-refractivity contribution in [2.75, 3.05) is 4.90 Å². The van der Waals surface area contributed by atoms with Gasteiger partial charge in [-0.25, -0.2) is 0 Å². The number of rotatable bonds is 5. The van der Waals surface area contributed by atoms with Gasteiger partial charge in [-0.3, -0.25) is 0 Å². The molecule has 0 amide bonds. The van der Waals surface area contributed by atoms with Crippen LogP contribution in [0, 0.1) is 0 Å². The van der Waals surface area contributed by atoms with Gasteiger partial charge in [-0.15, -0.1) is 11.3 Å². The summed E-state index contributed by atoms with van der Waals surface area (Å²) in [7, 11) is 0. The number of fused-ring (bicyclic) bond motifs is 9. The smallest absolute Gasteiger partial charge is 0.0543 e. The van der Waals surface area contributed by atoms with E-state index in [4.69, 9.17) is 0 Å². The zero-order valence-corrected chi connectivity index (χ0v) is 32.9. The Morgan fingerprint density at radius 3 is 1.77 bits per heavy atom. The van der Waals surface area contributed by atoms with E-state index in [-0.39, 0.29) is 10.8 Å². The van der Waals surface area contributed by atoms with Crippen LogP contribution in [0.25, 0.3) is 64.7 Å². The number of anilines is 3. The van der Waals surface area contributed by atoms with E-state index >= 15 is 0 Å². The molecule has 2 heteroatoms. The molecule has 0 atom stereocenters. The SMILES string of the molecule is CC1(C)c2ccccc2-c2cc(-c3ccccc3N(c3ccc(-c4ccc5sc6ccccc6c5c4)cc3)c3cccc4c3-c3ccccc3C4(C)C)ccc21. The molecule has 0 saturated carbocycles. The molecule has 0 saturated heterocycles. The first-order valence-corrected chi connectivity index (χ1v) is 20.5. The predicted octanol–water partition coefficient (Wildman–Crippen LogP) is 15.5. The molecule has 2 aliphatic rings. The van der Waals surface area contributed by atoms with Crippen molar-refractivity contribution in [2.24, 2.45) is 0 Å². The highest BCUT2D eigenvalue weighted by atomic mass is 32.1. The summed E-state index contributed by atoms with van der Waals surface area (Å²) >= 11 is 1.87. The molecule has 56 heavy (non-hydrogen) atoms. The Morgan fingerprint density at radius 2 is 0.946 bits per heavy atom. The van der Waals surface area contributed by atoms with Gasteiger partial charge in [-0.1, -0.05) is 155 Å². The van der Waals surface area contributed by atoms with Crippen LogP contribution in [-0.4, -0.2) is 0 Å². The van der Waals surface area contributed by atoms with Crippen molar-refractivity contribution in [1.29, 1.82) is 0 Å². The molecule has 0 radical (unpaired) electrons. The molecule has 268 valence electrons. The third kappa shape index (κ3) is 4.79. The average molecular weight is 736 g/mol. The molecule has 11 rings (SSSR count). The molecule has 2 aliphatic carbocycles. The van der Waals surface area contributed by atoms with Gasteiger partial charge in [0.05, 0.1) is 11.4 Å². The van der Waals surface area contributed by atoms with Crippen LogP contribution in [0.4, 0.5) is 17.1 Å². The fourth-order valence-corrected chi connectivity index (χ4v) is 10.9. The quantitative estimate of drug-likeness (QED) is 0.170. The molecule has 8 aromatic carbocycles. The summed E-state index contributed by atoms with van der Waals surface area (Å²) in [6.45, 7) is 9.44. The van der Waals surface area contributed by atoms with Crippen LogP contribution in [0.3, 0.4) is 0 Å². The lowest BCUT2D eigenvalue weighted by atomic mass is 9.82. The molecule has 1 aromatic heterocycles. The fraction of sp³-hybridized carbons (Fsp3) is 0.111. The van der Waals surface area contributed by atoms with Gasteiger partial charge in [0, 0.05) is 47.8 Å². The van der Waals surface area contributed by atoms with Crippen molar-refractivity contribution in [1.82, 2.24) is 0 Å². The van der Waals surface area contributed by atoms with E-state index < -0.39 is 0 Å². The Bertz CT molecular complexity index is 3030. The standard InChI is InChI=1S/C54H41NS/c1-53(2)44-18-9-5-15-39(44)42-33-36(26-30-46(42)53)38-14-7-11-21-48(38)55(49-22-13-20-47-52(49)41-17-6-10-19-45(41)54(47,3)4)37-28-24-34(25-29-37)35-27-31-51-43(32-35)40-16-8-12-23-50(40)56-51/h5-33H,1-4H3. The predicted molar refractivity (Wildman–Crippen MR) is 240 cm³/mol. The van der Waals surface area contributed by atoms with Crippen LogP contribution in [0.2, 0.25) is 0 Å². The van der Waals surface area contributed by atoms with Crippen LogP contribution in [0.5, 0.6) is 0 Å². The number of para-hydroxylation sites is 1. The number of benzene rings is 8. The molecule has 1 heterocycles. The third-order valence-corrected chi connectivity index (χ3v) is 13.9. The highest BCUT2D eigenvalue weighted by Gasteiger charge is 2.38. The van der Waals surface area contributed by atoms with Gasteiger partial charge < -0.3 is 4.90 Å². The molecule has 0 unspecified atom stereocenters. The first kappa shape index (κ1) is 33.1. The Kier molecular flexibility index (Phi) is 7.18. The summed E-state index contributed by atoms with van der Waals surface area (Å²) in [4.78, 5) is 2.51. The summed E-state index contributed by atoms with van der Waals surface area (Å²) in [5.41, 5.74) is 19.0. The van der Waals surface area contributed by atoms with Crippen molar-refractivity contribution in [3.05, 3.63) is 198 Å². The van der Waals surface area contributed by atoms with Gasteiger partial charge in [0.25, 0.3) is 0 Å². The second-order valence-corrected chi connectivity index (χ2v) is 17.6. The molecule has 0 N–H and O–H groups in total. The summed E-state index contributed by atoms with van der Waals surface area (Å²) < 4.78 is 2.66. The number of thiophene rings is 1. The van der Waals surface area contributed by atoms with Crippen molar-refractivity contribution < 1.29 is 0 Å². The van der Waals surface area contributed by atoms with Crippen LogP contribution in [0.15, 0.2) is 176 Å². The summed E-state index contributed by atoms with van der Waals surface area (Å²) in [6.07, 6.45) is 0. The average Bonchev–Trinajstić information content (AvgIpc) is 3.81. The van der Waals surface area contributed by atoms with Crippen molar-refractivity contribution in [3.8, 4) is 44.5 Å². The molecule has 0 aliphatic heterocycles. The lowest BCUT2D eigenvalue weighted by molar-refractivity contribution is 0.660. The Morgan fingerprint density at radius 1 is 0.375 bits per heavy atom. The van der Waals surface area contributed by atoms with Crippen molar-refractivity contribution in [2.45, 2.75) is 38.5 Å².